The molecule has 1 aromatic heterocycles. The molecule has 0 saturated carbocycles. The van der Waals surface area contributed by atoms with Gasteiger partial charge in [0.25, 0.3) is 0 Å². The number of aromatic nitrogens is 2. The Labute approximate surface area is 112 Å². The van der Waals surface area contributed by atoms with Crippen LogP contribution in [0.1, 0.15) is 19.5 Å². The quantitative estimate of drug-likeness (QED) is 0.724. The summed E-state index contributed by atoms with van der Waals surface area (Å²) in [5.74, 6) is 0. The lowest BCUT2D eigenvalue weighted by Crippen LogP contribution is -2.48. The van der Waals surface area contributed by atoms with Gasteiger partial charge in [-0.15, -0.1) is 0 Å². The maximum Gasteiger partial charge on any atom is 0.0841 e. The van der Waals surface area contributed by atoms with Gasteiger partial charge in [-0.05, 0) is 19.9 Å². The van der Waals surface area contributed by atoms with Gasteiger partial charge in [-0.2, -0.15) is 5.10 Å². The highest BCUT2D eigenvalue weighted by molar-refractivity contribution is 5.81. The van der Waals surface area contributed by atoms with Crippen LogP contribution in [-0.4, -0.2) is 38.7 Å². The maximum atomic E-state index is 9.28. The number of aliphatic hydroxyl groups excluding tert-OH is 2. The van der Waals surface area contributed by atoms with Crippen LogP contribution < -0.4 is 5.32 Å². The number of nitrogens with zero attached hydrogens (tertiary/aromatic N) is 2. The summed E-state index contributed by atoms with van der Waals surface area (Å²) < 4.78 is 1.96. The Morgan fingerprint density at radius 3 is 2.58 bits per heavy atom. The van der Waals surface area contributed by atoms with E-state index in [0.717, 1.165) is 23.1 Å². The highest BCUT2D eigenvalue weighted by Gasteiger charge is 2.22. The molecule has 0 spiro atoms. The number of para-hydroxylation sites is 1. The minimum atomic E-state index is -0.683. The van der Waals surface area contributed by atoms with Gasteiger partial charge in [-0.3, -0.25) is 4.68 Å². The Kier molecular flexibility index (Phi) is 4.19. The molecule has 2 rings (SSSR count). The number of nitrogens with one attached hydrogen (secondary N) is 1. The maximum absolute atomic E-state index is 9.28. The molecule has 0 fully saturated rings. The lowest BCUT2D eigenvalue weighted by atomic mass is 10.1. The second-order valence-electron chi connectivity index (χ2n) is 5.01. The highest BCUT2D eigenvalue weighted by atomic mass is 16.3. The average molecular weight is 263 g/mol. The summed E-state index contributed by atoms with van der Waals surface area (Å²) in [5, 5.41) is 27.4. The summed E-state index contributed by atoms with van der Waals surface area (Å²) in [4.78, 5) is 0. The van der Waals surface area contributed by atoms with E-state index >= 15 is 0 Å². The molecule has 0 bridgehead atoms. The third-order valence-electron chi connectivity index (χ3n) is 3.41. The molecule has 0 atom stereocenters. The summed E-state index contributed by atoms with van der Waals surface area (Å²) in [6.45, 7) is 4.95. The summed E-state index contributed by atoms with van der Waals surface area (Å²) in [5.41, 5.74) is 1.36. The van der Waals surface area contributed by atoms with Crippen LogP contribution >= 0.6 is 0 Å². The van der Waals surface area contributed by atoms with E-state index in [-0.39, 0.29) is 13.2 Å². The molecule has 1 aromatic carbocycles. The van der Waals surface area contributed by atoms with Crippen LogP contribution in [0.25, 0.3) is 10.9 Å². The Morgan fingerprint density at radius 2 is 1.95 bits per heavy atom. The van der Waals surface area contributed by atoms with Crippen molar-refractivity contribution in [2.75, 3.05) is 13.2 Å². The van der Waals surface area contributed by atoms with E-state index < -0.39 is 5.54 Å². The summed E-state index contributed by atoms with van der Waals surface area (Å²) >= 11 is 0. The molecule has 5 nitrogen and oxygen atoms in total. The van der Waals surface area contributed by atoms with E-state index in [0.29, 0.717) is 6.54 Å². The SMILES string of the molecule is CCn1nc(CNC(C)(CO)CO)c2ccccc21. The van der Waals surface area contributed by atoms with Gasteiger partial charge in [0.1, 0.15) is 0 Å². The van der Waals surface area contributed by atoms with E-state index in [1.165, 1.54) is 0 Å². The number of fused-ring (bicyclic) bond motifs is 1. The smallest absolute Gasteiger partial charge is 0.0841 e. The van der Waals surface area contributed by atoms with Gasteiger partial charge in [0.15, 0.2) is 0 Å². The van der Waals surface area contributed by atoms with Crippen molar-refractivity contribution < 1.29 is 10.2 Å². The molecule has 1 heterocycles. The molecule has 0 amide bonds. The van der Waals surface area contributed by atoms with E-state index in [1.807, 2.05) is 28.9 Å². The van der Waals surface area contributed by atoms with Crippen molar-refractivity contribution in [2.45, 2.75) is 32.5 Å². The first-order valence-electron chi connectivity index (χ1n) is 6.54. The molecular weight excluding hydrogens is 242 g/mol. The predicted octanol–water partition coefficient (Wildman–Crippen LogP) is 0.889. The molecule has 0 aliphatic heterocycles. The second kappa shape index (κ2) is 5.69. The fourth-order valence-corrected chi connectivity index (χ4v) is 2.03. The van der Waals surface area contributed by atoms with Crippen molar-refractivity contribution in [3.63, 3.8) is 0 Å². The Hall–Kier alpha value is -1.43. The predicted molar refractivity (Wildman–Crippen MR) is 74.8 cm³/mol. The Balaban J connectivity index is 2.26. The normalized spacial score (nSPS) is 12.2. The van der Waals surface area contributed by atoms with Crippen LogP contribution in [-0.2, 0) is 13.1 Å². The van der Waals surface area contributed by atoms with Crippen molar-refractivity contribution in [1.29, 1.82) is 0 Å². The van der Waals surface area contributed by atoms with Crippen molar-refractivity contribution in [2.24, 2.45) is 0 Å². The fourth-order valence-electron chi connectivity index (χ4n) is 2.03. The van der Waals surface area contributed by atoms with E-state index in [9.17, 15) is 10.2 Å². The lowest BCUT2D eigenvalue weighted by molar-refractivity contribution is 0.103. The molecule has 0 unspecified atom stereocenters. The van der Waals surface area contributed by atoms with Crippen LogP contribution in [0.2, 0.25) is 0 Å². The molecular formula is C14H21N3O2. The van der Waals surface area contributed by atoms with Crippen LogP contribution in [0.15, 0.2) is 24.3 Å². The molecule has 0 radical (unpaired) electrons. The van der Waals surface area contributed by atoms with Crippen molar-refractivity contribution in [3.8, 4) is 0 Å². The third-order valence-corrected chi connectivity index (χ3v) is 3.41. The first-order valence-corrected chi connectivity index (χ1v) is 6.54. The van der Waals surface area contributed by atoms with Gasteiger partial charge in [-0.25, -0.2) is 0 Å². The summed E-state index contributed by atoms with van der Waals surface area (Å²) in [7, 11) is 0. The first kappa shape index (κ1) is 14.0. The Morgan fingerprint density at radius 1 is 1.26 bits per heavy atom. The zero-order valence-corrected chi connectivity index (χ0v) is 11.4. The average Bonchev–Trinajstić information content (AvgIpc) is 2.83. The van der Waals surface area contributed by atoms with Crippen molar-refractivity contribution in [3.05, 3.63) is 30.0 Å². The number of hydrogen-bond donors (Lipinski definition) is 3. The minimum Gasteiger partial charge on any atom is -0.394 e. The Bertz CT molecular complexity index is 547. The van der Waals surface area contributed by atoms with Gasteiger partial charge >= 0.3 is 0 Å². The molecule has 19 heavy (non-hydrogen) atoms. The van der Waals surface area contributed by atoms with E-state index in [2.05, 4.69) is 17.3 Å². The standard InChI is InChI=1S/C14H21N3O2/c1-3-17-13-7-5-4-6-11(13)12(16-17)8-15-14(2,9-18)10-19/h4-7,15,18-19H,3,8-10H2,1-2H3. The molecule has 3 N–H and O–H groups in total. The topological polar surface area (TPSA) is 70.3 Å². The van der Waals surface area contributed by atoms with Crippen LogP contribution in [0.3, 0.4) is 0 Å². The molecule has 0 aliphatic rings. The van der Waals surface area contributed by atoms with E-state index in [1.54, 1.807) is 6.92 Å². The number of aliphatic hydroxyl groups is 2. The minimum absolute atomic E-state index is 0.115. The summed E-state index contributed by atoms with van der Waals surface area (Å²) in [6, 6.07) is 8.08. The molecule has 0 saturated heterocycles. The largest absolute Gasteiger partial charge is 0.394 e. The van der Waals surface area contributed by atoms with Gasteiger partial charge < -0.3 is 15.5 Å². The number of benzene rings is 1. The molecule has 0 aliphatic carbocycles. The monoisotopic (exact) mass is 263 g/mol. The third kappa shape index (κ3) is 2.78. The highest BCUT2D eigenvalue weighted by Crippen LogP contribution is 2.18. The summed E-state index contributed by atoms with van der Waals surface area (Å²) in [6.07, 6.45) is 0. The van der Waals surface area contributed by atoms with Crippen molar-refractivity contribution >= 4 is 10.9 Å². The lowest BCUT2D eigenvalue weighted by Gasteiger charge is -2.25. The van der Waals surface area contributed by atoms with Crippen LogP contribution in [0.4, 0.5) is 0 Å². The van der Waals surface area contributed by atoms with Crippen LogP contribution in [0.5, 0.6) is 0 Å². The van der Waals surface area contributed by atoms with Gasteiger partial charge in [0, 0.05) is 18.5 Å². The van der Waals surface area contributed by atoms with Gasteiger partial charge in [0.2, 0.25) is 0 Å². The number of hydrogen-bond acceptors (Lipinski definition) is 4. The van der Waals surface area contributed by atoms with Gasteiger partial charge in [0.05, 0.1) is 30.0 Å². The first-order chi connectivity index (χ1) is 9.13. The zero-order valence-electron chi connectivity index (χ0n) is 11.4. The molecule has 5 heteroatoms. The second-order valence-corrected chi connectivity index (χ2v) is 5.01. The van der Waals surface area contributed by atoms with Crippen molar-refractivity contribution in [1.82, 2.24) is 15.1 Å². The number of aryl methyl sites for hydroxylation is 1. The number of rotatable bonds is 6. The molecule has 2 aromatic rings. The fraction of sp³-hybridized carbons (Fsp3) is 0.500. The zero-order chi connectivity index (χ0) is 13.9. The van der Waals surface area contributed by atoms with E-state index in [4.69, 9.17) is 0 Å². The molecule has 104 valence electrons. The van der Waals surface area contributed by atoms with Gasteiger partial charge in [-0.1, -0.05) is 18.2 Å². The van der Waals surface area contributed by atoms with Crippen LogP contribution in [0, 0.1) is 0 Å².